The number of aryl methyl sites for hydroxylation is 1. The molecule has 186 valence electrons. The molecule has 2 amide bonds. The van der Waals surface area contributed by atoms with Gasteiger partial charge in [0.05, 0.1) is 24.4 Å². The third kappa shape index (κ3) is 4.89. The third-order valence-electron chi connectivity index (χ3n) is 7.24. The highest BCUT2D eigenvalue weighted by Crippen LogP contribution is 2.34. The molecule has 2 aromatic rings. The number of halogens is 1. The van der Waals surface area contributed by atoms with Crippen molar-refractivity contribution in [2.45, 2.75) is 13.8 Å². The maximum absolute atomic E-state index is 13.8. The highest BCUT2D eigenvalue weighted by molar-refractivity contribution is 6.34. The summed E-state index contributed by atoms with van der Waals surface area (Å²) >= 11 is 0. The van der Waals surface area contributed by atoms with Crippen LogP contribution in [0.4, 0.5) is 10.1 Å². The number of carbonyl (C=O) groups excluding carboxylic acids is 2. The van der Waals surface area contributed by atoms with E-state index < -0.39 is 5.82 Å². The number of rotatable bonds is 5. The van der Waals surface area contributed by atoms with Crippen LogP contribution in [0.25, 0.3) is 11.6 Å². The van der Waals surface area contributed by atoms with Gasteiger partial charge in [-0.25, -0.2) is 4.39 Å². The Balaban J connectivity index is 1.26. The van der Waals surface area contributed by atoms with Crippen molar-refractivity contribution < 1.29 is 18.7 Å². The monoisotopic (exact) mass is 481 g/mol. The molecule has 0 spiro atoms. The molecule has 0 saturated carbocycles. The molecule has 35 heavy (non-hydrogen) atoms. The maximum atomic E-state index is 13.8. The molecule has 0 aliphatic carbocycles. The summed E-state index contributed by atoms with van der Waals surface area (Å²) in [5, 5.41) is 2.77. The lowest BCUT2D eigenvalue weighted by atomic mass is 10.0. The fourth-order valence-corrected chi connectivity index (χ4v) is 5.13. The Hall–Kier alpha value is -3.01. The largest absolute Gasteiger partial charge is 0.379 e. The quantitative estimate of drug-likeness (QED) is 0.641. The third-order valence-corrected chi connectivity index (χ3v) is 7.24. The van der Waals surface area contributed by atoms with Crippen molar-refractivity contribution in [3.05, 3.63) is 52.1 Å². The number of amides is 2. The van der Waals surface area contributed by atoms with Crippen molar-refractivity contribution in [1.29, 1.82) is 0 Å². The second kappa shape index (κ2) is 9.93. The van der Waals surface area contributed by atoms with Crippen molar-refractivity contribution in [1.82, 2.24) is 19.7 Å². The van der Waals surface area contributed by atoms with Crippen molar-refractivity contribution in [2.75, 3.05) is 70.9 Å². The number of nitrogens with zero attached hydrogens (tertiary/aromatic N) is 3. The topological polar surface area (TPSA) is 80.9 Å². The SMILES string of the molecule is Cc1[nH]c(/C=C2\C(=O)Nc3ccc(F)cc32)c(C)c1C(=O)N1CCN(CCN2CCOCC2)CC1. The number of H-pyrrole nitrogens is 1. The van der Waals surface area contributed by atoms with E-state index in [1.807, 2.05) is 18.7 Å². The Labute approximate surface area is 204 Å². The fourth-order valence-electron chi connectivity index (χ4n) is 5.13. The van der Waals surface area contributed by atoms with Crippen molar-refractivity contribution >= 4 is 29.2 Å². The molecule has 9 heteroatoms. The predicted octanol–water partition coefficient (Wildman–Crippen LogP) is 2.35. The summed E-state index contributed by atoms with van der Waals surface area (Å²) in [5.41, 5.74) is 4.42. The fraction of sp³-hybridized carbons (Fsp3) is 0.462. The number of nitrogens with one attached hydrogen (secondary N) is 2. The lowest BCUT2D eigenvalue weighted by molar-refractivity contribution is -0.110. The van der Waals surface area contributed by atoms with E-state index in [1.165, 1.54) is 12.1 Å². The summed E-state index contributed by atoms with van der Waals surface area (Å²) in [5.74, 6) is -0.667. The van der Waals surface area contributed by atoms with Crippen LogP contribution in [0.5, 0.6) is 0 Å². The van der Waals surface area contributed by atoms with Gasteiger partial charge in [0.25, 0.3) is 11.8 Å². The van der Waals surface area contributed by atoms with Gasteiger partial charge in [-0.2, -0.15) is 0 Å². The number of aromatic nitrogens is 1. The highest BCUT2D eigenvalue weighted by Gasteiger charge is 2.28. The molecule has 0 radical (unpaired) electrons. The number of aromatic amines is 1. The van der Waals surface area contributed by atoms with E-state index in [-0.39, 0.29) is 11.8 Å². The summed E-state index contributed by atoms with van der Waals surface area (Å²) in [6, 6.07) is 4.24. The Kier molecular flexibility index (Phi) is 6.73. The average Bonchev–Trinajstić information content (AvgIpc) is 3.32. The molecule has 2 saturated heterocycles. The number of hydrogen-bond acceptors (Lipinski definition) is 5. The summed E-state index contributed by atoms with van der Waals surface area (Å²) < 4.78 is 19.2. The van der Waals surface area contributed by atoms with Gasteiger partial charge in [-0.05, 0) is 43.7 Å². The van der Waals surface area contributed by atoms with Gasteiger partial charge in [0, 0.05) is 75.0 Å². The molecule has 0 unspecified atom stereocenters. The number of anilines is 1. The van der Waals surface area contributed by atoms with E-state index >= 15 is 0 Å². The minimum Gasteiger partial charge on any atom is -0.379 e. The molecule has 0 atom stereocenters. The normalized spacial score (nSPS) is 20.4. The zero-order chi connectivity index (χ0) is 24.5. The lowest BCUT2D eigenvalue weighted by Gasteiger charge is -2.36. The van der Waals surface area contributed by atoms with Crippen LogP contribution in [-0.2, 0) is 9.53 Å². The molecule has 5 rings (SSSR count). The van der Waals surface area contributed by atoms with E-state index in [2.05, 4.69) is 20.1 Å². The first-order valence-corrected chi connectivity index (χ1v) is 12.2. The standard InChI is InChI=1S/C26H32FN5O3/c1-17-23(16-21-20-15-19(27)3-4-22(20)29-25(21)33)28-18(2)24(17)26(34)32-9-7-30(8-10-32)5-6-31-11-13-35-14-12-31/h3-4,15-16,28H,5-14H2,1-2H3,(H,29,33)/b21-16-. The van der Waals surface area contributed by atoms with Crippen molar-refractivity contribution in [3.8, 4) is 0 Å². The van der Waals surface area contributed by atoms with E-state index in [9.17, 15) is 14.0 Å². The molecule has 3 aliphatic heterocycles. The average molecular weight is 482 g/mol. The van der Waals surface area contributed by atoms with Crippen LogP contribution < -0.4 is 5.32 Å². The van der Waals surface area contributed by atoms with E-state index in [0.29, 0.717) is 41.2 Å². The van der Waals surface area contributed by atoms with Crippen molar-refractivity contribution in [2.24, 2.45) is 0 Å². The number of carbonyl (C=O) groups is 2. The lowest BCUT2D eigenvalue weighted by Crippen LogP contribution is -2.51. The van der Waals surface area contributed by atoms with Crippen LogP contribution in [0.2, 0.25) is 0 Å². The zero-order valence-electron chi connectivity index (χ0n) is 20.3. The van der Waals surface area contributed by atoms with Gasteiger partial charge < -0.3 is 19.9 Å². The maximum Gasteiger partial charge on any atom is 0.256 e. The summed E-state index contributed by atoms with van der Waals surface area (Å²) in [7, 11) is 0. The first-order chi connectivity index (χ1) is 16.9. The molecule has 2 N–H and O–H groups in total. The first-order valence-electron chi connectivity index (χ1n) is 12.2. The van der Waals surface area contributed by atoms with Crippen LogP contribution in [0, 0.1) is 19.7 Å². The summed E-state index contributed by atoms with van der Waals surface area (Å²) in [4.78, 5) is 36.0. The number of benzene rings is 1. The number of morpholine rings is 1. The second-order valence-electron chi connectivity index (χ2n) is 9.45. The number of piperazine rings is 1. The molecular weight excluding hydrogens is 449 g/mol. The highest BCUT2D eigenvalue weighted by atomic mass is 19.1. The van der Waals surface area contributed by atoms with Crippen LogP contribution in [-0.4, -0.2) is 97.1 Å². The Morgan fingerprint density at radius 2 is 1.74 bits per heavy atom. The number of hydrogen-bond donors (Lipinski definition) is 2. The Bertz CT molecular complexity index is 1160. The Morgan fingerprint density at radius 3 is 2.46 bits per heavy atom. The van der Waals surface area contributed by atoms with E-state index in [0.717, 1.165) is 63.7 Å². The minimum absolute atomic E-state index is 0.0102. The molecular formula is C26H32FN5O3. The molecule has 1 aromatic carbocycles. The van der Waals surface area contributed by atoms with Gasteiger partial charge in [-0.1, -0.05) is 0 Å². The van der Waals surface area contributed by atoms with Gasteiger partial charge >= 0.3 is 0 Å². The molecule has 2 fully saturated rings. The molecule has 1 aromatic heterocycles. The van der Waals surface area contributed by atoms with E-state index in [4.69, 9.17) is 4.74 Å². The minimum atomic E-state index is -0.398. The number of ether oxygens (including phenoxy) is 1. The van der Waals surface area contributed by atoms with E-state index in [1.54, 1.807) is 12.1 Å². The van der Waals surface area contributed by atoms with Gasteiger partial charge in [0.1, 0.15) is 5.82 Å². The number of fused-ring (bicyclic) bond motifs is 1. The summed E-state index contributed by atoms with van der Waals surface area (Å²) in [6.45, 7) is 12.5. The van der Waals surface area contributed by atoms with Crippen LogP contribution in [0.15, 0.2) is 18.2 Å². The van der Waals surface area contributed by atoms with Gasteiger partial charge in [0.15, 0.2) is 0 Å². The second-order valence-corrected chi connectivity index (χ2v) is 9.45. The van der Waals surface area contributed by atoms with Crippen LogP contribution in [0.3, 0.4) is 0 Å². The van der Waals surface area contributed by atoms with Crippen LogP contribution in [0.1, 0.15) is 32.9 Å². The molecule has 8 nitrogen and oxygen atoms in total. The molecule has 4 heterocycles. The van der Waals surface area contributed by atoms with Crippen molar-refractivity contribution in [3.63, 3.8) is 0 Å². The van der Waals surface area contributed by atoms with Gasteiger partial charge in [-0.15, -0.1) is 0 Å². The molecule has 3 aliphatic rings. The van der Waals surface area contributed by atoms with Crippen LogP contribution >= 0.6 is 0 Å². The van der Waals surface area contributed by atoms with Gasteiger partial charge in [0.2, 0.25) is 0 Å². The zero-order valence-corrected chi connectivity index (χ0v) is 20.3. The Morgan fingerprint density at radius 1 is 1.06 bits per heavy atom. The smallest absolute Gasteiger partial charge is 0.256 e. The molecule has 0 bridgehead atoms. The van der Waals surface area contributed by atoms with Gasteiger partial charge in [-0.3, -0.25) is 19.4 Å². The predicted molar refractivity (Wildman–Crippen MR) is 133 cm³/mol. The first kappa shape index (κ1) is 23.7. The summed E-state index contributed by atoms with van der Waals surface area (Å²) in [6.07, 6.45) is 1.71.